The van der Waals surface area contributed by atoms with E-state index >= 15 is 0 Å². The average molecular weight is 390 g/mol. The van der Waals surface area contributed by atoms with Gasteiger partial charge < -0.3 is 10.8 Å². The van der Waals surface area contributed by atoms with Gasteiger partial charge in [0.25, 0.3) is 0 Å². The summed E-state index contributed by atoms with van der Waals surface area (Å²) in [7, 11) is 0. The first-order valence-electron chi connectivity index (χ1n) is 11.7. The summed E-state index contributed by atoms with van der Waals surface area (Å²) in [6.07, 6.45) is 9.35. The minimum absolute atomic E-state index is 0.198. The quantitative estimate of drug-likeness (QED) is 0.760. The van der Waals surface area contributed by atoms with Gasteiger partial charge >= 0.3 is 0 Å². The van der Waals surface area contributed by atoms with E-state index in [1.54, 1.807) is 0 Å². The molecular formula is C24H39NO3. The summed E-state index contributed by atoms with van der Waals surface area (Å²) in [5, 5.41) is 10.2. The number of carbonyl (C=O) groups is 2. The Bertz CT molecular complexity index is 648. The van der Waals surface area contributed by atoms with Crippen LogP contribution >= 0.6 is 0 Å². The van der Waals surface area contributed by atoms with Gasteiger partial charge in [-0.3, -0.25) is 9.59 Å². The maximum Gasteiger partial charge on any atom is 0.217 e. The molecule has 4 saturated carbocycles. The first-order chi connectivity index (χ1) is 13.2. The molecule has 0 spiro atoms. The van der Waals surface area contributed by atoms with E-state index in [1.807, 2.05) is 0 Å². The Labute approximate surface area is 170 Å². The van der Waals surface area contributed by atoms with E-state index in [1.165, 1.54) is 19.3 Å². The lowest BCUT2D eigenvalue weighted by molar-refractivity contribution is -0.160. The van der Waals surface area contributed by atoms with E-state index < -0.39 is 0 Å². The fourth-order valence-electron chi connectivity index (χ4n) is 8.46. The average Bonchev–Trinajstić information content (AvgIpc) is 2.98. The predicted octanol–water partition coefficient (Wildman–Crippen LogP) is 4.09. The van der Waals surface area contributed by atoms with E-state index in [9.17, 15) is 14.7 Å². The van der Waals surface area contributed by atoms with Crippen LogP contribution in [0.25, 0.3) is 0 Å². The summed E-state index contributed by atoms with van der Waals surface area (Å²) >= 11 is 0. The van der Waals surface area contributed by atoms with Gasteiger partial charge in [-0.05, 0) is 91.8 Å². The first kappa shape index (κ1) is 20.4. The van der Waals surface area contributed by atoms with Crippen molar-refractivity contribution in [3.8, 4) is 0 Å². The van der Waals surface area contributed by atoms with Crippen LogP contribution in [0.3, 0.4) is 0 Å². The van der Waals surface area contributed by atoms with Crippen molar-refractivity contribution in [3.63, 3.8) is 0 Å². The number of amides is 1. The largest absolute Gasteiger partial charge is 0.393 e. The minimum atomic E-state index is -0.210. The third-order valence-corrected chi connectivity index (χ3v) is 10.0. The standard InChI is InChI=1S/C24H39NO3/c1-14(4-7-21(25)28)17-5-6-18-22-19(9-11-24(17,18)3)23(2)10-8-16(26)12-15(23)13-20(22)27/h14-19,22,26H,4-13H2,1-3H3,(H2,25,28)/t14-,15+,16-,17-,18?,19?,22?,23+,24-/m1/s1. The van der Waals surface area contributed by atoms with Crippen LogP contribution in [0, 0.1) is 46.3 Å². The molecule has 0 aromatic heterocycles. The molecule has 4 nitrogen and oxygen atoms in total. The number of nitrogens with two attached hydrogens (primary N) is 1. The molecule has 3 N–H and O–H groups in total. The second kappa shape index (κ2) is 7.11. The number of aliphatic hydroxyl groups excluding tert-OH is 1. The van der Waals surface area contributed by atoms with Crippen molar-refractivity contribution in [1.82, 2.24) is 0 Å². The molecule has 4 aliphatic carbocycles. The van der Waals surface area contributed by atoms with Gasteiger partial charge in [-0.2, -0.15) is 0 Å². The predicted molar refractivity (Wildman–Crippen MR) is 109 cm³/mol. The maximum absolute atomic E-state index is 13.4. The Morgan fingerprint density at radius 3 is 2.54 bits per heavy atom. The lowest BCUT2D eigenvalue weighted by Crippen LogP contribution is -2.57. The number of fused-ring (bicyclic) bond motifs is 5. The Balaban J connectivity index is 1.56. The number of hydrogen-bond donors (Lipinski definition) is 2. The molecule has 0 aliphatic heterocycles. The molecule has 1 amide bonds. The smallest absolute Gasteiger partial charge is 0.217 e. The lowest BCUT2D eigenvalue weighted by Gasteiger charge is -2.60. The van der Waals surface area contributed by atoms with Crippen molar-refractivity contribution in [2.24, 2.45) is 52.1 Å². The molecule has 0 bridgehead atoms. The molecule has 9 atom stereocenters. The summed E-state index contributed by atoms with van der Waals surface area (Å²) in [5.74, 6) is 2.99. The molecule has 158 valence electrons. The van der Waals surface area contributed by atoms with Gasteiger partial charge in [-0.15, -0.1) is 0 Å². The topological polar surface area (TPSA) is 80.4 Å². The van der Waals surface area contributed by atoms with Gasteiger partial charge in [0.15, 0.2) is 0 Å². The second-order valence-corrected chi connectivity index (χ2v) is 11.3. The van der Waals surface area contributed by atoms with Crippen LogP contribution < -0.4 is 5.73 Å². The molecule has 0 aromatic rings. The highest BCUT2D eigenvalue weighted by Gasteiger charge is 2.62. The molecule has 4 aliphatic rings. The van der Waals surface area contributed by atoms with Crippen molar-refractivity contribution in [3.05, 3.63) is 0 Å². The fourth-order valence-corrected chi connectivity index (χ4v) is 8.46. The second-order valence-electron chi connectivity index (χ2n) is 11.3. The molecule has 4 heteroatoms. The van der Waals surface area contributed by atoms with Crippen LogP contribution in [0.5, 0.6) is 0 Å². The number of aliphatic hydroxyl groups is 1. The number of primary amides is 1. The third kappa shape index (κ3) is 3.05. The van der Waals surface area contributed by atoms with Crippen LogP contribution in [0.4, 0.5) is 0 Å². The van der Waals surface area contributed by atoms with Crippen LogP contribution in [0.1, 0.15) is 85.0 Å². The SMILES string of the molecule is C[C@H](CCC(N)=O)[C@H]1CCC2C3C(=O)C[C@@H]4C[C@H](O)CC[C@]4(C)C3CC[C@@]21C. The number of hydrogen-bond acceptors (Lipinski definition) is 3. The molecule has 0 radical (unpaired) electrons. The van der Waals surface area contributed by atoms with Crippen molar-refractivity contribution in [1.29, 1.82) is 0 Å². The van der Waals surface area contributed by atoms with Crippen LogP contribution in [-0.2, 0) is 9.59 Å². The molecule has 0 heterocycles. The molecule has 4 fully saturated rings. The Kier molecular flexibility index (Phi) is 5.17. The molecule has 3 unspecified atom stereocenters. The van der Waals surface area contributed by atoms with E-state index in [0.717, 1.165) is 32.1 Å². The van der Waals surface area contributed by atoms with Gasteiger partial charge in [0.05, 0.1) is 6.10 Å². The van der Waals surface area contributed by atoms with Gasteiger partial charge in [0, 0.05) is 18.8 Å². The minimum Gasteiger partial charge on any atom is -0.393 e. The molecule has 28 heavy (non-hydrogen) atoms. The van der Waals surface area contributed by atoms with Crippen molar-refractivity contribution in [2.45, 2.75) is 91.1 Å². The normalized spacial score (nSPS) is 49.1. The molecule has 4 rings (SSSR count). The van der Waals surface area contributed by atoms with Gasteiger partial charge in [0.1, 0.15) is 5.78 Å². The highest BCUT2D eigenvalue weighted by atomic mass is 16.3. The third-order valence-electron chi connectivity index (χ3n) is 10.0. The van der Waals surface area contributed by atoms with E-state index in [4.69, 9.17) is 5.73 Å². The first-order valence-corrected chi connectivity index (χ1v) is 11.7. The van der Waals surface area contributed by atoms with Crippen molar-refractivity contribution >= 4 is 11.7 Å². The fraction of sp³-hybridized carbons (Fsp3) is 0.917. The van der Waals surface area contributed by atoms with E-state index in [-0.39, 0.29) is 28.8 Å². The van der Waals surface area contributed by atoms with Crippen LogP contribution in [0.15, 0.2) is 0 Å². The highest BCUT2D eigenvalue weighted by molar-refractivity contribution is 5.83. The Morgan fingerprint density at radius 2 is 1.82 bits per heavy atom. The van der Waals surface area contributed by atoms with Gasteiger partial charge in [0.2, 0.25) is 5.91 Å². The van der Waals surface area contributed by atoms with Gasteiger partial charge in [-0.1, -0.05) is 20.8 Å². The van der Waals surface area contributed by atoms with E-state index in [2.05, 4.69) is 20.8 Å². The Hall–Kier alpha value is -0.900. The zero-order chi connectivity index (χ0) is 20.3. The number of rotatable bonds is 4. The van der Waals surface area contributed by atoms with Crippen LogP contribution in [0.2, 0.25) is 0 Å². The lowest BCUT2D eigenvalue weighted by atomic mass is 9.44. The molecule has 0 aromatic carbocycles. The highest BCUT2D eigenvalue weighted by Crippen LogP contribution is 2.67. The monoisotopic (exact) mass is 389 g/mol. The van der Waals surface area contributed by atoms with Crippen LogP contribution in [-0.4, -0.2) is 22.9 Å². The summed E-state index contributed by atoms with van der Waals surface area (Å²) in [5.41, 5.74) is 5.85. The zero-order valence-electron chi connectivity index (χ0n) is 18.0. The van der Waals surface area contributed by atoms with Gasteiger partial charge in [-0.25, -0.2) is 0 Å². The number of carbonyl (C=O) groups excluding carboxylic acids is 2. The summed E-state index contributed by atoms with van der Waals surface area (Å²) in [6.45, 7) is 7.16. The summed E-state index contributed by atoms with van der Waals surface area (Å²) < 4.78 is 0. The molecular weight excluding hydrogens is 350 g/mol. The van der Waals surface area contributed by atoms with Crippen molar-refractivity contribution < 1.29 is 14.7 Å². The number of Topliss-reactive ketones (excluding diaryl/α,β-unsaturated/α-hetero) is 1. The molecule has 0 saturated heterocycles. The zero-order valence-corrected chi connectivity index (χ0v) is 18.0. The summed E-state index contributed by atoms with van der Waals surface area (Å²) in [6, 6.07) is 0. The maximum atomic E-state index is 13.4. The number of ketones is 1. The van der Waals surface area contributed by atoms with Crippen molar-refractivity contribution in [2.75, 3.05) is 0 Å². The summed E-state index contributed by atoms with van der Waals surface area (Å²) in [4.78, 5) is 24.6. The van der Waals surface area contributed by atoms with E-state index in [0.29, 0.717) is 48.2 Å². The Morgan fingerprint density at radius 1 is 1.14 bits per heavy atom.